The predicted octanol–water partition coefficient (Wildman–Crippen LogP) is 4.32. The van der Waals surface area contributed by atoms with E-state index in [1.165, 1.54) is 38.4 Å². The lowest BCUT2D eigenvalue weighted by Gasteiger charge is -2.36. The van der Waals surface area contributed by atoms with Crippen molar-refractivity contribution in [1.29, 1.82) is 0 Å². The summed E-state index contributed by atoms with van der Waals surface area (Å²) < 4.78 is 14.5. The van der Waals surface area contributed by atoms with Crippen LogP contribution in [-0.2, 0) is 0 Å². The number of anilines is 1. The van der Waals surface area contributed by atoms with Crippen LogP contribution in [0.1, 0.15) is 32.1 Å². The number of nitrogens with zero attached hydrogens (tertiary/aromatic N) is 2. The molecule has 0 saturated carbocycles. The summed E-state index contributed by atoms with van der Waals surface area (Å²) in [4.78, 5) is 16.7. The topological polar surface area (TPSA) is 35.6 Å². The summed E-state index contributed by atoms with van der Waals surface area (Å²) in [5.41, 5.74) is 0.235. The molecule has 2 amide bonds. The molecular weight excluding hydrogens is 373 g/mol. The van der Waals surface area contributed by atoms with Crippen molar-refractivity contribution in [2.45, 2.75) is 32.1 Å². The highest BCUT2D eigenvalue weighted by molar-refractivity contribution is 9.10. The number of rotatable bonds is 3. The predicted molar refractivity (Wildman–Crippen MR) is 97.7 cm³/mol. The maximum Gasteiger partial charge on any atom is 0.321 e. The molecule has 0 spiro atoms. The normalized spacial score (nSPS) is 20.2. The molecule has 0 radical (unpaired) electrons. The zero-order valence-electron chi connectivity index (χ0n) is 13.9. The number of likely N-dealkylation sites (tertiary alicyclic amines) is 2. The van der Waals surface area contributed by atoms with E-state index < -0.39 is 5.82 Å². The zero-order valence-corrected chi connectivity index (χ0v) is 15.5. The quantitative estimate of drug-likeness (QED) is 0.823. The largest absolute Gasteiger partial charge is 0.325 e. The Kier molecular flexibility index (Phi) is 6.11. The van der Waals surface area contributed by atoms with Gasteiger partial charge >= 0.3 is 6.03 Å². The van der Waals surface area contributed by atoms with Crippen LogP contribution in [0.25, 0.3) is 0 Å². The minimum Gasteiger partial charge on any atom is -0.325 e. The van der Waals surface area contributed by atoms with Gasteiger partial charge in [-0.25, -0.2) is 9.18 Å². The molecule has 3 rings (SSSR count). The van der Waals surface area contributed by atoms with E-state index in [0.717, 1.165) is 32.5 Å². The monoisotopic (exact) mass is 397 g/mol. The van der Waals surface area contributed by atoms with Gasteiger partial charge in [0.2, 0.25) is 0 Å². The number of hydrogen-bond donors (Lipinski definition) is 1. The first-order valence-corrected chi connectivity index (χ1v) is 9.64. The highest BCUT2D eigenvalue weighted by Crippen LogP contribution is 2.23. The van der Waals surface area contributed by atoms with Crippen molar-refractivity contribution in [3.63, 3.8) is 0 Å². The van der Waals surface area contributed by atoms with Gasteiger partial charge in [-0.15, -0.1) is 0 Å². The maximum absolute atomic E-state index is 13.8. The lowest BCUT2D eigenvalue weighted by Crippen LogP contribution is -2.44. The van der Waals surface area contributed by atoms with Crippen LogP contribution in [-0.4, -0.2) is 48.6 Å². The average molecular weight is 398 g/mol. The fourth-order valence-corrected chi connectivity index (χ4v) is 3.94. The van der Waals surface area contributed by atoms with Crippen LogP contribution in [0.4, 0.5) is 14.9 Å². The molecule has 1 aromatic carbocycles. The summed E-state index contributed by atoms with van der Waals surface area (Å²) in [6.07, 6.45) is 6.07. The summed E-state index contributed by atoms with van der Waals surface area (Å²) in [5.74, 6) is 0.259. The van der Waals surface area contributed by atoms with Gasteiger partial charge in [-0.05, 0) is 62.9 Å². The third kappa shape index (κ3) is 4.70. The van der Waals surface area contributed by atoms with Crippen LogP contribution >= 0.6 is 15.9 Å². The average Bonchev–Trinajstić information content (AvgIpc) is 2.59. The highest BCUT2D eigenvalue weighted by Gasteiger charge is 2.25. The van der Waals surface area contributed by atoms with Gasteiger partial charge < -0.3 is 15.1 Å². The Morgan fingerprint density at radius 2 is 1.88 bits per heavy atom. The second-order valence-corrected chi connectivity index (χ2v) is 7.76. The number of hydrogen-bond acceptors (Lipinski definition) is 2. The van der Waals surface area contributed by atoms with Gasteiger partial charge in [0, 0.05) is 24.1 Å². The fourth-order valence-electron chi connectivity index (χ4n) is 3.61. The standard InChI is InChI=1S/C18H25BrFN3O/c19-15-4-5-17(16(20)12-15)21-18(24)23-10-6-14(7-11-23)13-22-8-2-1-3-9-22/h4-5,12,14H,1-3,6-11,13H2,(H,21,24). The molecule has 0 unspecified atom stereocenters. The van der Waals surface area contributed by atoms with E-state index in [4.69, 9.17) is 0 Å². The van der Waals surface area contributed by atoms with Crippen LogP contribution in [0.2, 0.25) is 0 Å². The molecule has 4 nitrogen and oxygen atoms in total. The Morgan fingerprint density at radius 1 is 1.17 bits per heavy atom. The SMILES string of the molecule is O=C(Nc1ccc(Br)cc1F)N1CCC(CN2CCCCC2)CC1. The van der Waals surface area contributed by atoms with Gasteiger partial charge in [0.05, 0.1) is 5.69 Å². The van der Waals surface area contributed by atoms with Crippen molar-refractivity contribution in [3.05, 3.63) is 28.5 Å². The number of carbonyl (C=O) groups is 1. The molecule has 0 aliphatic carbocycles. The molecule has 2 aliphatic rings. The molecular formula is C18H25BrFN3O. The smallest absolute Gasteiger partial charge is 0.321 e. The molecule has 2 fully saturated rings. The summed E-state index contributed by atoms with van der Waals surface area (Å²) in [6, 6.07) is 4.47. The first-order valence-electron chi connectivity index (χ1n) is 8.85. The van der Waals surface area contributed by atoms with Crippen molar-refractivity contribution in [1.82, 2.24) is 9.80 Å². The van der Waals surface area contributed by atoms with Crippen LogP contribution in [0, 0.1) is 11.7 Å². The van der Waals surface area contributed by atoms with Crippen LogP contribution in [0.3, 0.4) is 0 Å². The zero-order chi connectivity index (χ0) is 16.9. The molecule has 1 N–H and O–H groups in total. The maximum atomic E-state index is 13.8. The van der Waals surface area contributed by atoms with Gasteiger partial charge in [0.15, 0.2) is 0 Å². The van der Waals surface area contributed by atoms with E-state index in [1.807, 2.05) is 0 Å². The third-order valence-electron chi connectivity index (χ3n) is 5.04. The van der Waals surface area contributed by atoms with Crippen molar-refractivity contribution in [2.24, 2.45) is 5.92 Å². The third-order valence-corrected chi connectivity index (χ3v) is 5.53. The van der Waals surface area contributed by atoms with E-state index in [2.05, 4.69) is 26.1 Å². The molecule has 0 aromatic heterocycles. The van der Waals surface area contributed by atoms with Crippen molar-refractivity contribution in [3.8, 4) is 0 Å². The van der Waals surface area contributed by atoms with Crippen LogP contribution in [0.5, 0.6) is 0 Å². The molecule has 2 aliphatic heterocycles. The van der Waals surface area contributed by atoms with E-state index >= 15 is 0 Å². The van der Waals surface area contributed by atoms with Gasteiger partial charge in [0.25, 0.3) is 0 Å². The second-order valence-electron chi connectivity index (χ2n) is 6.85. The highest BCUT2D eigenvalue weighted by atomic mass is 79.9. The summed E-state index contributed by atoms with van der Waals surface area (Å²) in [5, 5.41) is 2.68. The fraction of sp³-hybridized carbons (Fsp3) is 0.611. The van der Waals surface area contributed by atoms with Crippen LogP contribution in [0.15, 0.2) is 22.7 Å². The first kappa shape index (κ1) is 17.7. The minimum atomic E-state index is -0.419. The molecule has 6 heteroatoms. The summed E-state index contributed by atoms with van der Waals surface area (Å²) in [7, 11) is 0. The Labute approximate surface area is 151 Å². The van der Waals surface area contributed by atoms with Crippen LogP contribution < -0.4 is 5.32 Å². The first-order chi connectivity index (χ1) is 11.6. The second kappa shape index (κ2) is 8.30. The molecule has 1 aromatic rings. The molecule has 0 atom stereocenters. The molecule has 2 saturated heterocycles. The van der Waals surface area contributed by atoms with Gasteiger partial charge in [-0.1, -0.05) is 22.4 Å². The number of nitrogens with one attached hydrogen (secondary N) is 1. The van der Waals surface area contributed by atoms with Crippen molar-refractivity contribution >= 4 is 27.6 Å². The van der Waals surface area contributed by atoms with E-state index in [-0.39, 0.29) is 11.7 Å². The molecule has 132 valence electrons. The lowest BCUT2D eigenvalue weighted by atomic mass is 9.95. The van der Waals surface area contributed by atoms with Crippen molar-refractivity contribution < 1.29 is 9.18 Å². The summed E-state index contributed by atoms with van der Waals surface area (Å²) in [6.45, 7) is 5.12. The van der Waals surface area contributed by atoms with E-state index in [1.54, 1.807) is 17.0 Å². The summed E-state index contributed by atoms with van der Waals surface area (Å²) >= 11 is 3.22. The lowest BCUT2D eigenvalue weighted by molar-refractivity contribution is 0.142. The number of piperidine rings is 2. The number of carbonyl (C=O) groups excluding carboxylic acids is 1. The van der Waals surface area contributed by atoms with Crippen molar-refractivity contribution in [2.75, 3.05) is 38.0 Å². The minimum absolute atomic E-state index is 0.201. The Bertz CT molecular complexity index is 569. The number of halogens is 2. The Balaban J connectivity index is 1.46. The Hall–Kier alpha value is -1.14. The molecule has 24 heavy (non-hydrogen) atoms. The number of amides is 2. The van der Waals surface area contributed by atoms with Gasteiger partial charge in [-0.3, -0.25) is 0 Å². The Morgan fingerprint density at radius 3 is 2.54 bits per heavy atom. The molecule has 0 bridgehead atoms. The number of urea groups is 1. The number of benzene rings is 1. The van der Waals surface area contributed by atoms with Gasteiger partial charge in [0.1, 0.15) is 5.82 Å². The van der Waals surface area contributed by atoms with E-state index in [0.29, 0.717) is 10.4 Å². The van der Waals surface area contributed by atoms with E-state index in [9.17, 15) is 9.18 Å². The molecule has 2 heterocycles. The van der Waals surface area contributed by atoms with Gasteiger partial charge in [-0.2, -0.15) is 0 Å².